The molecule has 0 fully saturated rings. The second kappa shape index (κ2) is 5.05. The largest absolute Gasteiger partial charge is 0.340 e. The van der Waals surface area contributed by atoms with E-state index in [1.807, 2.05) is 24.7 Å². The maximum absolute atomic E-state index is 13.7. The standard InChI is InChI=1S/C12H15FN4/c1-3-15-12(11-7-17(2)8-16-11)9-4-5-14-6-10(9)13/h4-8,12,15H,3H2,1-2H3. The van der Waals surface area contributed by atoms with Gasteiger partial charge in [-0.05, 0) is 12.6 Å². The highest BCUT2D eigenvalue weighted by Crippen LogP contribution is 2.22. The molecule has 2 rings (SSSR count). The summed E-state index contributed by atoms with van der Waals surface area (Å²) < 4.78 is 15.6. The van der Waals surface area contributed by atoms with E-state index in [0.29, 0.717) is 5.56 Å². The molecule has 4 nitrogen and oxygen atoms in total. The Kier molecular flexibility index (Phi) is 3.49. The van der Waals surface area contributed by atoms with Gasteiger partial charge >= 0.3 is 0 Å². The molecule has 2 aromatic heterocycles. The van der Waals surface area contributed by atoms with E-state index in [0.717, 1.165) is 12.2 Å². The fourth-order valence-corrected chi connectivity index (χ4v) is 1.78. The number of hydrogen-bond acceptors (Lipinski definition) is 3. The van der Waals surface area contributed by atoms with Gasteiger partial charge in [0, 0.05) is 25.0 Å². The molecular weight excluding hydrogens is 219 g/mol. The van der Waals surface area contributed by atoms with Crippen LogP contribution < -0.4 is 5.32 Å². The zero-order chi connectivity index (χ0) is 12.3. The summed E-state index contributed by atoms with van der Waals surface area (Å²) in [4.78, 5) is 8.02. The zero-order valence-corrected chi connectivity index (χ0v) is 9.89. The van der Waals surface area contributed by atoms with E-state index < -0.39 is 0 Å². The topological polar surface area (TPSA) is 42.7 Å². The van der Waals surface area contributed by atoms with Crippen molar-refractivity contribution in [1.29, 1.82) is 0 Å². The lowest BCUT2D eigenvalue weighted by atomic mass is 10.1. The molecule has 1 atom stereocenters. The first kappa shape index (κ1) is 11.7. The van der Waals surface area contributed by atoms with Crippen LogP contribution >= 0.6 is 0 Å². The first-order valence-corrected chi connectivity index (χ1v) is 5.53. The molecule has 0 saturated carbocycles. The van der Waals surface area contributed by atoms with Crippen molar-refractivity contribution in [2.45, 2.75) is 13.0 Å². The van der Waals surface area contributed by atoms with E-state index in [2.05, 4.69) is 15.3 Å². The molecule has 0 aromatic carbocycles. The van der Waals surface area contributed by atoms with Gasteiger partial charge in [0.1, 0.15) is 5.82 Å². The smallest absolute Gasteiger partial charge is 0.146 e. The number of rotatable bonds is 4. The Morgan fingerprint density at radius 1 is 1.53 bits per heavy atom. The van der Waals surface area contributed by atoms with Crippen LogP contribution in [0.4, 0.5) is 4.39 Å². The molecule has 0 bridgehead atoms. The first-order chi connectivity index (χ1) is 8.22. The van der Waals surface area contributed by atoms with E-state index in [-0.39, 0.29) is 11.9 Å². The molecule has 1 unspecified atom stereocenters. The number of pyridine rings is 1. The van der Waals surface area contributed by atoms with Crippen LogP contribution in [0.3, 0.4) is 0 Å². The molecular formula is C12H15FN4. The quantitative estimate of drug-likeness (QED) is 0.874. The summed E-state index contributed by atoms with van der Waals surface area (Å²) in [6.07, 6.45) is 6.40. The summed E-state index contributed by atoms with van der Waals surface area (Å²) in [5.41, 5.74) is 1.38. The van der Waals surface area contributed by atoms with Crippen LogP contribution in [-0.4, -0.2) is 21.1 Å². The Labute approximate surface area is 99.5 Å². The molecule has 0 aliphatic rings. The fraction of sp³-hybridized carbons (Fsp3) is 0.333. The van der Waals surface area contributed by atoms with E-state index in [4.69, 9.17) is 0 Å². The summed E-state index contributed by atoms with van der Waals surface area (Å²) in [5.74, 6) is -0.316. The number of hydrogen-bond donors (Lipinski definition) is 1. The molecule has 0 spiro atoms. The fourth-order valence-electron chi connectivity index (χ4n) is 1.78. The van der Waals surface area contributed by atoms with Gasteiger partial charge in [-0.25, -0.2) is 9.37 Å². The van der Waals surface area contributed by atoms with Crippen LogP contribution in [0.1, 0.15) is 24.2 Å². The van der Waals surface area contributed by atoms with E-state index in [9.17, 15) is 4.39 Å². The monoisotopic (exact) mass is 234 g/mol. The first-order valence-electron chi connectivity index (χ1n) is 5.53. The van der Waals surface area contributed by atoms with Crippen molar-refractivity contribution in [3.63, 3.8) is 0 Å². The van der Waals surface area contributed by atoms with Gasteiger partial charge in [-0.2, -0.15) is 0 Å². The second-order valence-electron chi connectivity index (χ2n) is 3.85. The molecule has 1 N–H and O–H groups in total. The molecule has 0 amide bonds. The minimum Gasteiger partial charge on any atom is -0.340 e. The van der Waals surface area contributed by atoms with Gasteiger partial charge in [0.2, 0.25) is 0 Å². The minimum atomic E-state index is -0.316. The lowest BCUT2D eigenvalue weighted by Gasteiger charge is -2.16. The van der Waals surface area contributed by atoms with Crippen molar-refractivity contribution in [3.8, 4) is 0 Å². The third-order valence-electron chi connectivity index (χ3n) is 2.54. The van der Waals surface area contributed by atoms with Crippen LogP contribution in [0.15, 0.2) is 31.0 Å². The van der Waals surface area contributed by atoms with Gasteiger partial charge in [0.05, 0.1) is 24.3 Å². The van der Waals surface area contributed by atoms with Gasteiger partial charge in [0.25, 0.3) is 0 Å². The van der Waals surface area contributed by atoms with E-state index in [1.54, 1.807) is 18.6 Å². The van der Waals surface area contributed by atoms with E-state index >= 15 is 0 Å². The van der Waals surface area contributed by atoms with Crippen LogP contribution in [0.25, 0.3) is 0 Å². The highest BCUT2D eigenvalue weighted by Gasteiger charge is 2.18. The summed E-state index contributed by atoms with van der Waals surface area (Å²) >= 11 is 0. The summed E-state index contributed by atoms with van der Waals surface area (Å²) in [5, 5.41) is 3.23. The molecule has 2 heterocycles. The zero-order valence-electron chi connectivity index (χ0n) is 9.89. The Morgan fingerprint density at radius 3 is 2.94 bits per heavy atom. The lowest BCUT2D eigenvalue weighted by molar-refractivity contribution is 0.549. The molecule has 2 aromatic rings. The maximum Gasteiger partial charge on any atom is 0.146 e. The minimum absolute atomic E-state index is 0.232. The van der Waals surface area contributed by atoms with Crippen molar-refractivity contribution < 1.29 is 4.39 Å². The number of imidazole rings is 1. The molecule has 0 aliphatic carbocycles. The number of halogens is 1. The highest BCUT2D eigenvalue weighted by molar-refractivity contribution is 5.26. The van der Waals surface area contributed by atoms with Crippen LogP contribution in [0.2, 0.25) is 0 Å². The van der Waals surface area contributed by atoms with Crippen molar-refractivity contribution in [2.75, 3.05) is 6.54 Å². The van der Waals surface area contributed by atoms with Gasteiger partial charge in [-0.3, -0.25) is 4.98 Å². The Hall–Kier alpha value is -1.75. The van der Waals surface area contributed by atoms with Crippen LogP contribution in [-0.2, 0) is 7.05 Å². The van der Waals surface area contributed by atoms with Gasteiger partial charge in [-0.15, -0.1) is 0 Å². The van der Waals surface area contributed by atoms with Crippen molar-refractivity contribution in [1.82, 2.24) is 19.9 Å². The predicted molar refractivity (Wildman–Crippen MR) is 62.9 cm³/mol. The van der Waals surface area contributed by atoms with Crippen LogP contribution in [0.5, 0.6) is 0 Å². The average molecular weight is 234 g/mol. The van der Waals surface area contributed by atoms with Crippen molar-refractivity contribution in [3.05, 3.63) is 48.1 Å². The summed E-state index contributed by atoms with van der Waals surface area (Å²) in [6, 6.07) is 1.45. The molecule has 17 heavy (non-hydrogen) atoms. The molecule has 90 valence electrons. The Balaban J connectivity index is 2.39. The summed E-state index contributed by atoms with van der Waals surface area (Å²) in [7, 11) is 1.89. The van der Waals surface area contributed by atoms with Gasteiger partial charge < -0.3 is 9.88 Å². The SMILES string of the molecule is CCNC(c1cn(C)cn1)c1ccncc1F. The van der Waals surface area contributed by atoms with Gasteiger partial charge in [-0.1, -0.05) is 6.92 Å². The number of aromatic nitrogens is 3. The lowest BCUT2D eigenvalue weighted by Crippen LogP contribution is -2.23. The third kappa shape index (κ3) is 2.50. The van der Waals surface area contributed by atoms with Crippen molar-refractivity contribution >= 4 is 0 Å². The predicted octanol–water partition coefficient (Wildman–Crippen LogP) is 1.65. The molecule has 0 saturated heterocycles. The Bertz CT molecular complexity index is 495. The van der Waals surface area contributed by atoms with Gasteiger partial charge in [0.15, 0.2) is 0 Å². The van der Waals surface area contributed by atoms with E-state index in [1.165, 1.54) is 6.20 Å². The van der Waals surface area contributed by atoms with Crippen molar-refractivity contribution in [2.24, 2.45) is 7.05 Å². The highest BCUT2D eigenvalue weighted by atomic mass is 19.1. The van der Waals surface area contributed by atoms with Crippen LogP contribution in [0, 0.1) is 5.82 Å². The second-order valence-corrected chi connectivity index (χ2v) is 3.85. The summed E-state index contributed by atoms with van der Waals surface area (Å²) in [6.45, 7) is 2.72. The normalized spacial score (nSPS) is 12.6. The molecule has 0 radical (unpaired) electrons. The third-order valence-corrected chi connectivity index (χ3v) is 2.54. The number of aryl methyl sites for hydroxylation is 1. The molecule has 5 heteroatoms. The average Bonchev–Trinajstić information content (AvgIpc) is 2.74. The maximum atomic E-state index is 13.7. The number of nitrogens with zero attached hydrogens (tertiary/aromatic N) is 3. The number of nitrogens with one attached hydrogen (secondary N) is 1. The molecule has 0 aliphatic heterocycles. The Morgan fingerprint density at radius 2 is 2.35 bits per heavy atom.